The zero-order chi connectivity index (χ0) is 24.2. The molecule has 0 saturated heterocycles. The quantitative estimate of drug-likeness (QED) is 0.299. The van der Waals surface area contributed by atoms with Gasteiger partial charge in [-0.25, -0.2) is 18.3 Å². The average molecular weight is 502 g/mol. The lowest BCUT2D eigenvalue weighted by Crippen LogP contribution is -2.30. The highest BCUT2D eigenvalue weighted by Crippen LogP contribution is 2.34. The fourth-order valence-corrected chi connectivity index (χ4v) is 3.88. The topological polar surface area (TPSA) is 85.0 Å². The molecule has 0 aliphatic carbocycles. The first-order valence-corrected chi connectivity index (χ1v) is 11.0. The van der Waals surface area contributed by atoms with Crippen LogP contribution in [0.15, 0.2) is 66.7 Å². The SMILES string of the molecule is Nc1c(NC(=O)NCCc2ccc(Cl)cc2Cl)c(-c2ccccc2)nn1-c1cc(F)ccc1F. The van der Waals surface area contributed by atoms with Gasteiger partial charge in [0, 0.05) is 28.2 Å². The molecule has 6 nitrogen and oxygen atoms in total. The Hall–Kier alpha value is -3.62. The minimum absolute atomic E-state index is 0.0563. The molecule has 0 bridgehead atoms. The maximum atomic E-state index is 14.4. The first-order valence-electron chi connectivity index (χ1n) is 10.2. The van der Waals surface area contributed by atoms with Crippen LogP contribution in [0, 0.1) is 11.6 Å². The van der Waals surface area contributed by atoms with E-state index in [-0.39, 0.29) is 23.7 Å². The highest BCUT2D eigenvalue weighted by Gasteiger charge is 2.22. The van der Waals surface area contributed by atoms with Gasteiger partial charge in [0.2, 0.25) is 0 Å². The normalized spacial score (nSPS) is 10.8. The summed E-state index contributed by atoms with van der Waals surface area (Å²) in [5.74, 6) is -1.43. The molecule has 0 aliphatic rings. The zero-order valence-electron chi connectivity index (χ0n) is 17.7. The number of amides is 2. The maximum Gasteiger partial charge on any atom is 0.319 e. The molecule has 0 aliphatic heterocycles. The number of carbonyl (C=O) groups is 1. The summed E-state index contributed by atoms with van der Waals surface area (Å²) < 4.78 is 29.3. The lowest BCUT2D eigenvalue weighted by atomic mass is 10.1. The van der Waals surface area contributed by atoms with Crippen LogP contribution in [0.5, 0.6) is 0 Å². The smallest absolute Gasteiger partial charge is 0.319 e. The van der Waals surface area contributed by atoms with Gasteiger partial charge >= 0.3 is 6.03 Å². The average Bonchev–Trinajstić information content (AvgIpc) is 3.13. The third kappa shape index (κ3) is 5.13. The van der Waals surface area contributed by atoms with E-state index < -0.39 is 17.7 Å². The van der Waals surface area contributed by atoms with Gasteiger partial charge in [-0.3, -0.25) is 0 Å². The number of nitrogens with two attached hydrogens (primary N) is 1. The van der Waals surface area contributed by atoms with Gasteiger partial charge in [0.1, 0.15) is 28.7 Å². The number of nitrogen functional groups attached to an aromatic ring is 1. The van der Waals surface area contributed by atoms with Gasteiger partial charge < -0.3 is 16.4 Å². The minimum atomic E-state index is -0.717. The first kappa shape index (κ1) is 23.5. The number of halogens is 4. The molecule has 1 aromatic heterocycles. The van der Waals surface area contributed by atoms with E-state index in [1.54, 1.807) is 42.5 Å². The number of urea groups is 1. The van der Waals surface area contributed by atoms with E-state index in [1.807, 2.05) is 6.07 Å². The second-order valence-corrected chi connectivity index (χ2v) is 8.19. The van der Waals surface area contributed by atoms with E-state index >= 15 is 0 Å². The minimum Gasteiger partial charge on any atom is -0.382 e. The summed E-state index contributed by atoms with van der Waals surface area (Å²) in [5.41, 5.74) is 7.98. The second-order valence-electron chi connectivity index (χ2n) is 7.35. The lowest BCUT2D eigenvalue weighted by Gasteiger charge is -2.10. The van der Waals surface area contributed by atoms with Crippen molar-refractivity contribution < 1.29 is 13.6 Å². The summed E-state index contributed by atoms with van der Waals surface area (Å²) in [6.07, 6.45) is 0.470. The summed E-state index contributed by atoms with van der Waals surface area (Å²) in [4.78, 5) is 12.6. The number of aromatic nitrogens is 2. The molecule has 4 aromatic rings. The van der Waals surface area contributed by atoms with Crippen molar-refractivity contribution in [3.05, 3.63) is 94.0 Å². The Bertz CT molecular complexity index is 1340. The van der Waals surface area contributed by atoms with E-state index in [2.05, 4.69) is 15.7 Å². The van der Waals surface area contributed by atoms with Crippen LogP contribution in [0.3, 0.4) is 0 Å². The van der Waals surface area contributed by atoms with Crippen molar-refractivity contribution in [1.29, 1.82) is 0 Å². The van der Waals surface area contributed by atoms with Gasteiger partial charge in [-0.2, -0.15) is 5.10 Å². The van der Waals surface area contributed by atoms with E-state index in [0.29, 0.717) is 27.7 Å². The van der Waals surface area contributed by atoms with E-state index in [9.17, 15) is 13.6 Å². The molecule has 4 rings (SSSR count). The van der Waals surface area contributed by atoms with Crippen molar-refractivity contribution in [3.8, 4) is 16.9 Å². The first-order chi connectivity index (χ1) is 16.3. The summed E-state index contributed by atoms with van der Waals surface area (Å²) in [6, 6.07) is 16.5. The largest absolute Gasteiger partial charge is 0.382 e. The van der Waals surface area contributed by atoms with Crippen molar-refractivity contribution in [2.75, 3.05) is 17.6 Å². The maximum absolute atomic E-state index is 14.4. The molecule has 4 N–H and O–H groups in total. The molecular weight excluding hydrogens is 483 g/mol. The van der Waals surface area contributed by atoms with Crippen LogP contribution in [0.25, 0.3) is 16.9 Å². The number of benzene rings is 3. The molecule has 0 saturated carbocycles. The number of hydrogen-bond acceptors (Lipinski definition) is 3. The van der Waals surface area contributed by atoms with Gasteiger partial charge in [0.05, 0.1) is 0 Å². The predicted octanol–water partition coefficient (Wildman–Crippen LogP) is 6.07. The highest BCUT2D eigenvalue weighted by atomic mass is 35.5. The number of carbonyl (C=O) groups excluding carboxylic acids is 1. The molecular formula is C24H19Cl2F2N5O. The molecule has 0 spiro atoms. The number of nitrogens with one attached hydrogen (secondary N) is 2. The monoisotopic (exact) mass is 501 g/mol. The van der Waals surface area contributed by atoms with E-state index in [1.165, 1.54) is 0 Å². The molecule has 0 atom stereocenters. The van der Waals surface area contributed by atoms with Crippen molar-refractivity contribution in [2.24, 2.45) is 0 Å². The summed E-state index contributed by atoms with van der Waals surface area (Å²) in [6.45, 7) is 0.278. The highest BCUT2D eigenvalue weighted by molar-refractivity contribution is 6.35. The molecule has 3 aromatic carbocycles. The standard InChI is InChI=1S/C24H19Cl2F2N5O/c25-16-7-6-14(18(26)12-16)10-11-30-24(34)31-22-21(15-4-2-1-3-5-15)32-33(23(22)29)20-13-17(27)8-9-19(20)28/h1-9,12-13H,10-11,29H2,(H2,30,31,34). The predicted molar refractivity (Wildman–Crippen MR) is 131 cm³/mol. The molecule has 0 unspecified atom stereocenters. The van der Waals surface area contributed by atoms with Gasteiger partial charge in [-0.05, 0) is 36.2 Å². The molecule has 174 valence electrons. The Morgan fingerprint density at radius 1 is 1.03 bits per heavy atom. The third-order valence-electron chi connectivity index (χ3n) is 5.04. The van der Waals surface area contributed by atoms with Crippen LogP contribution < -0.4 is 16.4 Å². The second kappa shape index (κ2) is 10.1. The van der Waals surface area contributed by atoms with E-state index in [0.717, 1.165) is 28.4 Å². The Morgan fingerprint density at radius 2 is 1.79 bits per heavy atom. The van der Waals surface area contributed by atoms with Crippen LogP contribution >= 0.6 is 23.2 Å². The number of hydrogen-bond donors (Lipinski definition) is 3. The van der Waals surface area contributed by atoms with Crippen molar-refractivity contribution in [3.63, 3.8) is 0 Å². The molecule has 10 heteroatoms. The van der Waals surface area contributed by atoms with Gasteiger partial charge in [-0.1, -0.05) is 59.6 Å². The Morgan fingerprint density at radius 3 is 2.53 bits per heavy atom. The van der Waals surface area contributed by atoms with Crippen molar-refractivity contribution >= 4 is 40.7 Å². The van der Waals surface area contributed by atoms with Gasteiger partial charge in [0.15, 0.2) is 5.82 Å². The zero-order valence-corrected chi connectivity index (χ0v) is 19.2. The Labute approximate surface area is 204 Å². The van der Waals surface area contributed by atoms with Gasteiger partial charge in [-0.15, -0.1) is 0 Å². The summed E-state index contributed by atoms with van der Waals surface area (Å²) in [5, 5.41) is 10.8. The molecule has 2 amide bonds. The third-order valence-corrected chi connectivity index (χ3v) is 5.63. The number of nitrogens with zero attached hydrogens (tertiary/aromatic N) is 2. The molecule has 34 heavy (non-hydrogen) atoms. The van der Waals surface area contributed by atoms with Crippen LogP contribution in [-0.2, 0) is 6.42 Å². The summed E-state index contributed by atoms with van der Waals surface area (Å²) in [7, 11) is 0. The molecule has 0 radical (unpaired) electrons. The lowest BCUT2D eigenvalue weighted by molar-refractivity contribution is 0.252. The van der Waals surface area contributed by atoms with Crippen molar-refractivity contribution in [2.45, 2.75) is 6.42 Å². The number of anilines is 2. The van der Waals surface area contributed by atoms with Crippen LogP contribution in [0.1, 0.15) is 5.56 Å². The number of rotatable bonds is 6. The Kier molecular flexibility index (Phi) is 7.00. The Balaban J connectivity index is 1.59. The fraction of sp³-hybridized carbons (Fsp3) is 0.0833. The van der Waals surface area contributed by atoms with Crippen molar-refractivity contribution in [1.82, 2.24) is 15.1 Å². The molecule has 1 heterocycles. The van der Waals surface area contributed by atoms with Crippen LogP contribution in [0.2, 0.25) is 10.0 Å². The molecule has 0 fully saturated rings. The summed E-state index contributed by atoms with van der Waals surface area (Å²) >= 11 is 12.1. The van der Waals surface area contributed by atoms with E-state index in [4.69, 9.17) is 28.9 Å². The fourth-order valence-electron chi connectivity index (χ4n) is 3.38. The van der Waals surface area contributed by atoms with Crippen LogP contribution in [-0.4, -0.2) is 22.4 Å². The van der Waals surface area contributed by atoms with Crippen LogP contribution in [0.4, 0.5) is 25.1 Å². The van der Waals surface area contributed by atoms with Gasteiger partial charge in [0.25, 0.3) is 0 Å².